The molecule has 0 atom stereocenters. The van der Waals surface area contributed by atoms with Gasteiger partial charge in [-0.05, 0) is 36.2 Å². The van der Waals surface area contributed by atoms with E-state index in [4.69, 9.17) is 0 Å². The fourth-order valence-corrected chi connectivity index (χ4v) is 2.72. The average Bonchev–Trinajstić information content (AvgIpc) is 2.68. The highest BCUT2D eigenvalue weighted by Crippen LogP contribution is 2.13. The van der Waals surface area contributed by atoms with Crippen molar-refractivity contribution >= 4 is 22.6 Å². The van der Waals surface area contributed by atoms with Crippen molar-refractivity contribution in [2.45, 2.75) is 20.4 Å². The van der Waals surface area contributed by atoms with Gasteiger partial charge in [-0.15, -0.1) is 0 Å². The number of hydrazine groups is 1. The summed E-state index contributed by atoms with van der Waals surface area (Å²) in [7, 11) is 0. The first-order valence-electron chi connectivity index (χ1n) is 8.73. The van der Waals surface area contributed by atoms with Gasteiger partial charge in [-0.1, -0.05) is 32.0 Å². The normalized spacial score (nSPS) is 10.9. The van der Waals surface area contributed by atoms with Crippen molar-refractivity contribution in [1.82, 2.24) is 20.6 Å². The van der Waals surface area contributed by atoms with Crippen LogP contribution in [0.5, 0.6) is 0 Å². The Morgan fingerprint density at radius 2 is 1.61 bits per heavy atom. The zero-order valence-electron chi connectivity index (χ0n) is 15.4. The molecule has 0 aliphatic rings. The topological polar surface area (TPSA) is 93.1 Å². The van der Waals surface area contributed by atoms with E-state index >= 15 is 0 Å². The zero-order valence-corrected chi connectivity index (χ0v) is 15.4. The van der Waals surface area contributed by atoms with Crippen LogP contribution >= 0.6 is 0 Å². The zero-order chi connectivity index (χ0) is 20.3. The summed E-state index contributed by atoms with van der Waals surface area (Å²) < 4.78 is 14.2. The number of halogens is 1. The Kier molecular flexibility index (Phi) is 5.49. The molecule has 3 rings (SSSR count). The van der Waals surface area contributed by atoms with Crippen molar-refractivity contribution in [2.24, 2.45) is 5.92 Å². The van der Waals surface area contributed by atoms with Crippen LogP contribution in [0.1, 0.15) is 34.7 Å². The molecule has 2 N–H and O–H groups in total. The minimum absolute atomic E-state index is 0.0234. The van der Waals surface area contributed by atoms with Gasteiger partial charge in [0.25, 0.3) is 17.4 Å². The molecule has 0 aliphatic carbocycles. The van der Waals surface area contributed by atoms with Crippen molar-refractivity contribution < 1.29 is 14.0 Å². The second kappa shape index (κ2) is 7.99. The molecule has 28 heavy (non-hydrogen) atoms. The van der Waals surface area contributed by atoms with Gasteiger partial charge in [0.2, 0.25) is 0 Å². The van der Waals surface area contributed by atoms with E-state index < -0.39 is 17.6 Å². The first-order chi connectivity index (χ1) is 13.4. The SMILES string of the molecule is CC(C)Cn1nc(C(=O)NNC(=O)c2ccc(F)cc2)c2ccccc2c1=O. The van der Waals surface area contributed by atoms with Gasteiger partial charge in [-0.3, -0.25) is 25.2 Å². The molecular formula is C20H19FN4O3. The second-order valence-corrected chi connectivity index (χ2v) is 6.69. The lowest BCUT2D eigenvalue weighted by Crippen LogP contribution is -2.43. The van der Waals surface area contributed by atoms with Crippen LogP contribution in [0.3, 0.4) is 0 Å². The molecule has 0 saturated heterocycles. The number of carbonyl (C=O) groups excluding carboxylic acids is 2. The number of carbonyl (C=O) groups is 2. The van der Waals surface area contributed by atoms with Crippen LogP contribution in [0.4, 0.5) is 4.39 Å². The summed E-state index contributed by atoms with van der Waals surface area (Å²) in [4.78, 5) is 37.3. The molecule has 1 aromatic heterocycles. The Bertz CT molecular complexity index is 1090. The van der Waals surface area contributed by atoms with Crippen LogP contribution in [0.2, 0.25) is 0 Å². The number of hydrogen-bond acceptors (Lipinski definition) is 4. The number of rotatable bonds is 4. The summed E-state index contributed by atoms with van der Waals surface area (Å²) in [6.07, 6.45) is 0. The van der Waals surface area contributed by atoms with Gasteiger partial charge in [0.1, 0.15) is 5.82 Å². The van der Waals surface area contributed by atoms with E-state index in [9.17, 15) is 18.8 Å². The van der Waals surface area contributed by atoms with E-state index in [-0.39, 0.29) is 22.7 Å². The van der Waals surface area contributed by atoms with Gasteiger partial charge in [0, 0.05) is 17.5 Å². The van der Waals surface area contributed by atoms with E-state index in [1.54, 1.807) is 24.3 Å². The Morgan fingerprint density at radius 1 is 1.00 bits per heavy atom. The molecule has 3 aromatic rings. The molecule has 0 aliphatic heterocycles. The number of amides is 2. The molecule has 7 nitrogen and oxygen atoms in total. The van der Waals surface area contributed by atoms with Gasteiger partial charge >= 0.3 is 0 Å². The van der Waals surface area contributed by atoms with Crippen molar-refractivity contribution in [3.8, 4) is 0 Å². The number of aromatic nitrogens is 2. The summed E-state index contributed by atoms with van der Waals surface area (Å²) in [5.41, 5.74) is 4.49. The van der Waals surface area contributed by atoms with E-state index in [2.05, 4.69) is 16.0 Å². The molecule has 144 valence electrons. The lowest BCUT2D eigenvalue weighted by atomic mass is 10.1. The average molecular weight is 382 g/mol. The maximum Gasteiger partial charge on any atom is 0.290 e. The van der Waals surface area contributed by atoms with Crippen molar-refractivity contribution in [3.05, 3.63) is 76.0 Å². The molecule has 0 fully saturated rings. The van der Waals surface area contributed by atoms with Crippen LogP contribution in [-0.2, 0) is 6.54 Å². The highest BCUT2D eigenvalue weighted by Gasteiger charge is 2.18. The van der Waals surface area contributed by atoms with E-state index in [0.717, 1.165) is 12.1 Å². The third kappa shape index (κ3) is 4.06. The van der Waals surface area contributed by atoms with Gasteiger partial charge < -0.3 is 0 Å². The van der Waals surface area contributed by atoms with Crippen molar-refractivity contribution in [1.29, 1.82) is 0 Å². The summed E-state index contributed by atoms with van der Waals surface area (Å²) in [5.74, 6) is -1.58. The number of nitrogens with zero attached hydrogens (tertiary/aromatic N) is 2. The van der Waals surface area contributed by atoms with Crippen LogP contribution < -0.4 is 16.4 Å². The highest BCUT2D eigenvalue weighted by atomic mass is 19.1. The predicted molar refractivity (Wildman–Crippen MR) is 102 cm³/mol. The molecular weight excluding hydrogens is 363 g/mol. The van der Waals surface area contributed by atoms with E-state index in [1.165, 1.54) is 16.8 Å². The van der Waals surface area contributed by atoms with Crippen molar-refractivity contribution in [3.63, 3.8) is 0 Å². The van der Waals surface area contributed by atoms with Crippen LogP contribution in [0.15, 0.2) is 53.3 Å². The maximum absolute atomic E-state index is 13.0. The third-order valence-electron chi connectivity index (χ3n) is 4.02. The summed E-state index contributed by atoms with van der Waals surface area (Å²) in [5, 5.41) is 4.95. The highest BCUT2D eigenvalue weighted by molar-refractivity contribution is 6.06. The molecule has 0 unspecified atom stereocenters. The maximum atomic E-state index is 13.0. The fraction of sp³-hybridized carbons (Fsp3) is 0.200. The molecule has 0 bridgehead atoms. The number of fused-ring (bicyclic) bond motifs is 1. The van der Waals surface area contributed by atoms with Gasteiger partial charge in [0.15, 0.2) is 5.69 Å². The Hall–Kier alpha value is -3.55. The fourth-order valence-electron chi connectivity index (χ4n) is 2.72. The van der Waals surface area contributed by atoms with Crippen LogP contribution in [-0.4, -0.2) is 21.6 Å². The summed E-state index contributed by atoms with van der Waals surface area (Å²) >= 11 is 0. The third-order valence-corrected chi connectivity index (χ3v) is 4.02. The molecule has 1 heterocycles. The minimum atomic E-state index is -0.663. The Morgan fingerprint density at radius 3 is 2.25 bits per heavy atom. The smallest absolute Gasteiger partial charge is 0.267 e. The Balaban J connectivity index is 1.88. The standard InChI is InChI=1S/C20H19FN4O3/c1-12(2)11-25-20(28)16-6-4-3-5-15(16)17(24-25)19(27)23-22-18(26)13-7-9-14(21)10-8-13/h3-10,12H,11H2,1-2H3,(H,22,26)(H,23,27). The Labute approximate surface area is 160 Å². The van der Waals surface area contributed by atoms with Gasteiger partial charge in [0.05, 0.1) is 5.39 Å². The molecule has 2 aromatic carbocycles. The van der Waals surface area contributed by atoms with Crippen LogP contribution in [0.25, 0.3) is 10.8 Å². The molecule has 0 spiro atoms. The lowest BCUT2D eigenvalue weighted by molar-refractivity contribution is 0.0843. The molecule has 2 amide bonds. The van der Waals surface area contributed by atoms with Gasteiger partial charge in [-0.2, -0.15) is 5.10 Å². The van der Waals surface area contributed by atoms with E-state index in [1.807, 2.05) is 13.8 Å². The monoisotopic (exact) mass is 382 g/mol. The predicted octanol–water partition coefficient (Wildman–Crippen LogP) is 2.27. The number of benzene rings is 2. The molecule has 8 heteroatoms. The largest absolute Gasteiger partial charge is 0.290 e. The summed E-state index contributed by atoms with van der Waals surface area (Å²) in [6, 6.07) is 11.6. The number of hydrogen-bond donors (Lipinski definition) is 2. The molecule has 0 saturated carbocycles. The van der Waals surface area contributed by atoms with Gasteiger partial charge in [-0.25, -0.2) is 9.07 Å². The quantitative estimate of drug-likeness (QED) is 0.677. The first-order valence-corrected chi connectivity index (χ1v) is 8.73. The van der Waals surface area contributed by atoms with Crippen LogP contribution in [0, 0.1) is 11.7 Å². The second-order valence-electron chi connectivity index (χ2n) is 6.69. The lowest BCUT2D eigenvalue weighted by Gasteiger charge is -2.13. The molecule has 0 radical (unpaired) electrons. The minimum Gasteiger partial charge on any atom is -0.267 e. The van der Waals surface area contributed by atoms with Crippen molar-refractivity contribution in [2.75, 3.05) is 0 Å². The summed E-state index contributed by atoms with van der Waals surface area (Å²) in [6.45, 7) is 4.23. The van der Waals surface area contributed by atoms with E-state index in [0.29, 0.717) is 17.3 Å². The number of nitrogens with one attached hydrogen (secondary N) is 2. The first kappa shape index (κ1) is 19.2.